The Labute approximate surface area is 157 Å². The van der Waals surface area contributed by atoms with E-state index in [9.17, 15) is 13.2 Å². The third-order valence-corrected chi connectivity index (χ3v) is 6.22. The van der Waals surface area contributed by atoms with E-state index in [0.717, 1.165) is 9.82 Å². The number of morpholine rings is 1. The van der Waals surface area contributed by atoms with Crippen LogP contribution in [-0.4, -0.2) is 92.1 Å². The number of hydrogen-bond acceptors (Lipinski definition) is 7. The molecule has 0 aliphatic carbocycles. The number of sulfonamides is 1. The molecule has 2 aromatic rings. The van der Waals surface area contributed by atoms with Gasteiger partial charge in [-0.15, -0.1) is 5.10 Å². The Bertz CT molecular complexity index is 907. The summed E-state index contributed by atoms with van der Waals surface area (Å²) in [6.45, 7) is 2.67. The quantitative estimate of drug-likeness (QED) is 0.623. The lowest BCUT2D eigenvalue weighted by molar-refractivity contribution is -0.135. The molecule has 1 fully saturated rings. The first-order valence-electron chi connectivity index (χ1n) is 8.57. The van der Waals surface area contributed by atoms with Crippen molar-refractivity contribution in [2.75, 3.05) is 53.6 Å². The highest BCUT2D eigenvalue weighted by molar-refractivity contribution is 7.89. The summed E-state index contributed by atoms with van der Waals surface area (Å²) in [5, 5.41) is 8.04. The van der Waals surface area contributed by atoms with Crippen molar-refractivity contribution < 1.29 is 22.7 Å². The van der Waals surface area contributed by atoms with E-state index >= 15 is 0 Å². The van der Waals surface area contributed by atoms with Gasteiger partial charge in [-0.3, -0.25) is 4.79 Å². The minimum atomic E-state index is -3.82. The van der Waals surface area contributed by atoms with Gasteiger partial charge in [0.15, 0.2) is 0 Å². The number of aromatic nitrogens is 3. The molecule has 0 radical (unpaired) electrons. The van der Waals surface area contributed by atoms with E-state index in [0.29, 0.717) is 45.0 Å². The predicted octanol–water partition coefficient (Wildman–Crippen LogP) is -0.443. The van der Waals surface area contributed by atoms with E-state index in [1.807, 2.05) is 0 Å². The summed E-state index contributed by atoms with van der Waals surface area (Å²) in [6.07, 6.45) is 0. The van der Waals surface area contributed by atoms with Gasteiger partial charge in [0.2, 0.25) is 15.9 Å². The Morgan fingerprint density at radius 1 is 1.33 bits per heavy atom. The van der Waals surface area contributed by atoms with Crippen LogP contribution in [0.2, 0.25) is 0 Å². The molecule has 148 valence electrons. The molecule has 11 heteroatoms. The summed E-state index contributed by atoms with van der Waals surface area (Å²) >= 11 is 0. The summed E-state index contributed by atoms with van der Waals surface area (Å²) < 4.78 is 38.6. The Balaban J connectivity index is 1.76. The summed E-state index contributed by atoms with van der Waals surface area (Å²) in [5.41, 5.74) is 1.19. The highest BCUT2D eigenvalue weighted by atomic mass is 32.2. The van der Waals surface area contributed by atoms with Gasteiger partial charge in [-0.1, -0.05) is 5.21 Å². The molecule has 1 aliphatic heterocycles. The normalized spacial score (nSPS) is 15.6. The molecule has 1 saturated heterocycles. The van der Waals surface area contributed by atoms with Crippen molar-refractivity contribution >= 4 is 27.0 Å². The predicted molar refractivity (Wildman–Crippen MR) is 96.6 cm³/mol. The number of nitrogens with zero attached hydrogens (tertiary/aromatic N) is 5. The van der Waals surface area contributed by atoms with Crippen molar-refractivity contribution in [2.45, 2.75) is 11.4 Å². The summed E-state index contributed by atoms with van der Waals surface area (Å²) in [5.74, 6) is -0.240. The fourth-order valence-electron chi connectivity index (χ4n) is 2.82. The topological polar surface area (TPSA) is 107 Å². The average Bonchev–Trinajstić information content (AvgIpc) is 3.09. The van der Waals surface area contributed by atoms with Gasteiger partial charge in [0.25, 0.3) is 0 Å². The van der Waals surface area contributed by atoms with Crippen molar-refractivity contribution in [2.24, 2.45) is 0 Å². The molecule has 0 atom stereocenters. The zero-order chi connectivity index (χ0) is 19.4. The lowest BCUT2D eigenvalue weighted by atomic mass is 10.3. The molecule has 0 saturated carbocycles. The van der Waals surface area contributed by atoms with Crippen LogP contribution in [-0.2, 0) is 30.8 Å². The van der Waals surface area contributed by atoms with Crippen LogP contribution in [0.15, 0.2) is 23.1 Å². The largest absolute Gasteiger partial charge is 0.383 e. The molecular formula is C16H23N5O5S. The molecule has 1 aromatic carbocycles. The lowest BCUT2D eigenvalue weighted by Crippen LogP contribution is -2.46. The van der Waals surface area contributed by atoms with Gasteiger partial charge in [0.05, 0.1) is 43.3 Å². The summed E-state index contributed by atoms with van der Waals surface area (Å²) in [4.78, 5) is 14.0. The van der Waals surface area contributed by atoms with Crippen LogP contribution in [0.3, 0.4) is 0 Å². The number of likely N-dealkylation sites (N-methyl/N-ethyl adjacent to an activating group) is 1. The minimum Gasteiger partial charge on any atom is -0.383 e. The standard InChI is InChI=1S/C16H23N5O5S/c1-19(12-16(22)20-5-9-26-10-6-20)27(23,24)13-3-4-15-14(11-13)17-18-21(15)7-8-25-2/h3-4,11H,5-10,12H2,1-2H3. The van der Waals surface area contributed by atoms with Gasteiger partial charge in [0.1, 0.15) is 5.52 Å². The number of ether oxygens (including phenoxy) is 2. The van der Waals surface area contributed by atoms with Crippen LogP contribution < -0.4 is 0 Å². The number of benzene rings is 1. The highest BCUT2D eigenvalue weighted by Gasteiger charge is 2.26. The number of hydrogen-bond donors (Lipinski definition) is 0. The molecule has 2 heterocycles. The van der Waals surface area contributed by atoms with E-state index in [1.165, 1.54) is 19.2 Å². The lowest BCUT2D eigenvalue weighted by Gasteiger charge is -2.28. The van der Waals surface area contributed by atoms with Crippen LogP contribution >= 0.6 is 0 Å². The fourth-order valence-corrected chi connectivity index (χ4v) is 3.96. The third kappa shape index (κ3) is 4.26. The van der Waals surface area contributed by atoms with Crippen LogP contribution in [0.1, 0.15) is 0 Å². The second kappa shape index (κ2) is 8.30. The monoisotopic (exact) mass is 397 g/mol. The number of carbonyl (C=O) groups is 1. The van der Waals surface area contributed by atoms with Gasteiger partial charge in [-0.05, 0) is 18.2 Å². The van der Waals surface area contributed by atoms with E-state index in [2.05, 4.69) is 10.3 Å². The maximum atomic E-state index is 12.8. The van der Waals surface area contributed by atoms with Gasteiger partial charge in [-0.2, -0.15) is 4.31 Å². The second-order valence-electron chi connectivity index (χ2n) is 6.21. The van der Waals surface area contributed by atoms with Crippen molar-refractivity contribution in [1.29, 1.82) is 0 Å². The molecule has 0 spiro atoms. The number of methoxy groups -OCH3 is 1. The first-order valence-corrected chi connectivity index (χ1v) is 10.0. The van der Waals surface area contributed by atoms with Crippen molar-refractivity contribution in [3.8, 4) is 0 Å². The van der Waals surface area contributed by atoms with Crippen LogP contribution in [0.5, 0.6) is 0 Å². The Morgan fingerprint density at radius 2 is 2.07 bits per heavy atom. The first kappa shape index (κ1) is 19.7. The minimum absolute atomic E-state index is 0.0751. The smallest absolute Gasteiger partial charge is 0.243 e. The maximum Gasteiger partial charge on any atom is 0.243 e. The molecule has 10 nitrogen and oxygen atoms in total. The van der Waals surface area contributed by atoms with Crippen molar-refractivity contribution in [1.82, 2.24) is 24.2 Å². The molecule has 1 amide bonds. The second-order valence-corrected chi connectivity index (χ2v) is 8.26. The Kier molecular flexibility index (Phi) is 6.05. The molecule has 0 bridgehead atoms. The zero-order valence-corrected chi connectivity index (χ0v) is 16.2. The average molecular weight is 397 g/mol. The van der Waals surface area contributed by atoms with Crippen LogP contribution in [0, 0.1) is 0 Å². The molecule has 3 rings (SSSR count). The molecule has 1 aromatic heterocycles. The third-order valence-electron chi connectivity index (χ3n) is 4.42. The number of fused-ring (bicyclic) bond motifs is 1. The van der Waals surface area contributed by atoms with E-state index in [-0.39, 0.29) is 17.3 Å². The van der Waals surface area contributed by atoms with Crippen molar-refractivity contribution in [3.05, 3.63) is 18.2 Å². The van der Waals surface area contributed by atoms with Gasteiger partial charge >= 0.3 is 0 Å². The van der Waals surface area contributed by atoms with Gasteiger partial charge < -0.3 is 14.4 Å². The SMILES string of the molecule is COCCn1nnc2cc(S(=O)(=O)N(C)CC(=O)N3CCOCC3)ccc21. The van der Waals surface area contributed by atoms with E-state index in [4.69, 9.17) is 9.47 Å². The van der Waals surface area contributed by atoms with Crippen LogP contribution in [0.25, 0.3) is 11.0 Å². The molecule has 0 N–H and O–H groups in total. The van der Waals surface area contributed by atoms with Gasteiger partial charge in [0, 0.05) is 27.2 Å². The van der Waals surface area contributed by atoms with Gasteiger partial charge in [-0.25, -0.2) is 13.1 Å². The first-order chi connectivity index (χ1) is 12.9. The Hall–Kier alpha value is -2.08. The number of rotatable bonds is 7. The Morgan fingerprint density at radius 3 is 2.78 bits per heavy atom. The van der Waals surface area contributed by atoms with E-state index in [1.54, 1.807) is 22.8 Å². The maximum absolute atomic E-state index is 12.8. The number of carbonyl (C=O) groups excluding carboxylic acids is 1. The molecular weight excluding hydrogens is 374 g/mol. The molecule has 27 heavy (non-hydrogen) atoms. The number of amides is 1. The fraction of sp³-hybridized carbons (Fsp3) is 0.562. The van der Waals surface area contributed by atoms with Crippen molar-refractivity contribution in [3.63, 3.8) is 0 Å². The highest BCUT2D eigenvalue weighted by Crippen LogP contribution is 2.20. The molecule has 1 aliphatic rings. The summed E-state index contributed by atoms with van der Waals surface area (Å²) in [6, 6.07) is 4.63. The summed E-state index contributed by atoms with van der Waals surface area (Å²) in [7, 11) is -0.828. The zero-order valence-electron chi connectivity index (χ0n) is 15.4. The molecule has 0 unspecified atom stereocenters. The van der Waals surface area contributed by atoms with Crippen LogP contribution in [0.4, 0.5) is 0 Å². The van der Waals surface area contributed by atoms with E-state index < -0.39 is 10.0 Å².